The maximum absolute atomic E-state index is 12.3. The van der Waals surface area contributed by atoms with Crippen LogP contribution in [0.5, 0.6) is 5.75 Å². The average molecular weight is 319 g/mol. The smallest absolute Gasteiger partial charge is 0.225 e. The number of hydrogen-bond acceptors (Lipinski definition) is 3. The van der Waals surface area contributed by atoms with E-state index in [1.165, 1.54) is 0 Å². The molecule has 0 spiro atoms. The van der Waals surface area contributed by atoms with Gasteiger partial charge >= 0.3 is 0 Å². The summed E-state index contributed by atoms with van der Waals surface area (Å²) in [6.07, 6.45) is 3.91. The van der Waals surface area contributed by atoms with Crippen LogP contribution in [0.2, 0.25) is 0 Å². The van der Waals surface area contributed by atoms with Crippen molar-refractivity contribution in [2.24, 2.45) is 0 Å². The van der Waals surface area contributed by atoms with Crippen molar-refractivity contribution in [1.82, 2.24) is 15.1 Å². The third-order valence-electron chi connectivity index (χ3n) is 4.06. The quantitative estimate of drug-likeness (QED) is 0.804. The highest BCUT2D eigenvalue weighted by Gasteiger charge is 2.25. The van der Waals surface area contributed by atoms with Crippen molar-refractivity contribution in [2.45, 2.75) is 12.5 Å². The van der Waals surface area contributed by atoms with E-state index >= 15 is 0 Å². The van der Waals surface area contributed by atoms with E-state index in [-0.39, 0.29) is 11.9 Å². The lowest BCUT2D eigenvalue weighted by Crippen LogP contribution is -2.30. The van der Waals surface area contributed by atoms with Gasteiger partial charge in [0.2, 0.25) is 5.91 Å². The highest BCUT2D eigenvalue weighted by atomic mass is 16.5. The van der Waals surface area contributed by atoms with Crippen LogP contribution in [-0.2, 0) is 11.2 Å². The van der Waals surface area contributed by atoms with E-state index in [2.05, 4.69) is 10.4 Å². The number of nitrogens with one attached hydrogen (secondary N) is 1. The minimum atomic E-state index is -0.0853. The van der Waals surface area contributed by atoms with Crippen LogP contribution in [0.1, 0.15) is 17.2 Å². The zero-order valence-electron chi connectivity index (χ0n) is 13.1. The molecule has 1 atom stereocenters. The number of amides is 1. The van der Waals surface area contributed by atoms with Gasteiger partial charge in [0, 0.05) is 11.8 Å². The molecular formula is C19H17N3O2. The Morgan fingerprint density at radius 3 is 2.83 bits per heavy atom. The molecule has 5 nitrogen and oxygen atoms in total. The third-order valence-corrected chi connectivity index (χ3v) is 4.06. The van der Waals surface area contributed by atoms with E-state index < -0.39 is 0 Å². The lowest BCUT2D eigenvalue weighted by Gasteiger charge is -2.11. The Bertz CT molecular complexity index is 858. The fourth-order valence-electron chi connectivity index (χ4n) is 2.89. The van der Waals surface area contributed by atoms with Crippen molar-refractivity contribution in [3.05, 3.63) is 78.1 Å². The maximum Gasteiger partial charge on any atom is 0.225 e. The molecule has 1 amide bonds. The van der Waals surface area contributed by atoms with Gasteiger partial charge in [-0.15, -0.1) is 0 Å². The zero-order valence-corrected chi connectivity index (χ0v) is 13.1. The van der Waals surface area contributed by atoms with Crippen molar-refractivity contribution in [2.75, 3.05) is 6.61 Å². The molecule has 5 heteroatoms. The highest BCUT2D eigenvalue weighted by molar-refractivity contribution is 5.79. The number of fused-ring (bicyclic) bond motifs is 1. The number of nitrogens with zero attached hydrogens (tertiary/aromatic N) is 2. The van der Waals surface area contributed by atoms with E-state index in [0.717, 1.165) is 22.6 Å². The predicted molar refractivity (Wildman–Crippen MR) is 90.1 cm³/mol. The second-order valence-corrected chi connectivity index (χ2v) is 5.77. The van der Waals surface area contributed by atoms with Crippen LogP contribution in [0, 0.1) is 0 Å². The van der Waals surface area contributed by atoms with Gasteiger partial charge in [0.1, 0.15) is 12.4 Å². The van der Waals surface area contributed by atoms with Gasteiger partial charge < -0.3 is 10.1 Å². The fourth-order valence-corrected chi connectivity index (χ4v) is 2.89. The second kappa shape index (κ2) is 6.20. The third kappa shape index (κ3) is 2.88. The van der Waals surface area contributed by atoms with Crippen molar-refractivity contribution in [3.63, 3.8) is 0 Å². The summed E-state index contributed by atoms with van der Waals surface area (Å²) < 4.78 is 7.37. The minimum Gasteiger partial charge on any atom is -0.491 e. The van der Waals surface area contributed by atoms with Crippen LogP contribution in [0.15, 0.2) is 67.0 Å². The molecule has 1 aromatic heterocycles. The lowest BCUT2D eigenvalue weighted by molar-refractivity contribution is -0.121. The summed E-state index contributed by atoms with van der Waals surface area (Å²) in [7, 11) is 0. The number of para-hydroxylation sites is 2. The van der Waals surface area contributed by atoms with Crippen LogP contribution >= 0.6 is 0 Å². The molecule has 2 aromatic carbocycles. The van der Waals surface area contributed by atoms with Gasteiger partial charge in [-0.05, 0) is 23.8 Å². The summed E-state index contributed by atoms with van der Waals surface area (Å²) in [5, 5.41) is 7.35. The normalized spacial score (nSPS) is 15.6. The Hall–Kier alpha value is -3.08. The Labute approximate surface area is 139 Å². The summed E-state index contributed by atoms with van der Waals surface area (Å²) in [5.74, 6) is 0.813. The molecule has 24 heavy (non-hydrogen) atoms. The first-order chi connectivity index (χ1) is 11.8. The van der Waals surface area contributed by atoms with Crippen LogP contribution in [-0.4, -0.2) is 22.3 Å². The molecule has 3 aromatic rings. The Kier molecular flexibility index (Phi) is 3.75. The fraction of sp³-hybridized carbons (Fsp3) is 0.158. The number of carbonyl (C=O) groups excluding carboxylic acids is 1. The van der Waals surface area contributed by atoms with Gasteiger partial charge in [-0.25, -0.2) is 4.68 Å². The molecule has 0 saturated carbocycles. The van der Waals surface area contributed by atoms with E-state index in [1.54, 1.807) is 10.9 Å². The van der Waals surface area contributed by atoms with Gasteiger partial charge in [0.05, 0.1) is 24.3 Å². The van der Waals surface area contributed by atoms with Gasteiger partial charge in [-0.2, -0.15) is 5.10 Å². The van der Waals surface area contributed by atoms with Crippen LogP contribution in [0.4, 0.5) is 0 Å². The molecule has 1 unspecified atom stereocenters. The number of aromatic nitrogens is 2. The van der Waals surface area contributed by atoms with E-state index in [9.17, 15) is 4.79 Å². The molecule has 1 aliphatic rings. The van der Waals surface area contributed by atoms with Crippen molar-refractivity contribution < 1.29 is 9.53 Å². The Morgan fingerprint density at radius 2 is 1.96 bits per heavy atom. The molecular weight excluding hydrogens is 302 g/mol. The van der Waals surface area contributed by atoms with Crippen molar-refractivity contribution >= 4 is 5.91 Å². The number of rotatable bonds is 4. The van der Waals surface area contributed by atoms with Gasteiger partial charge in [-0.1, -0.05) is 36.4 Å². The molecule has 0 bridgehead atoms. The summed E-state index contributed by atoms with van der Waals surface area (Å²) in [4.78, 5) is 12.3. The summed E-state index contributed by atoms with van der Waals surface area (Å²) >= 11 is 0. The Morgan fingerprint density at radius 1 is 1.17 bits per heavy atom. The van der Waals surface area contributed by atoms with Crippen molar-refractivity contribution in [1.29, 1.82) is 0 Å². The van der Waals surface area contributed by atoms with E-state index in [1.807, 2.05) is 60.8 Å². The van der Waals surface area contributed by atoms with Gasteiger partial charge in [-0.3, -0.25) is 4.79 Å². The zero-order chi connectivity index (χ0) is 16.4. The van der Waals surface area contributed by atoms with E-state index in [4.69, 9.17) is 4.74 Å². The molecule has 0 saturated heterocycles. The highest BCUT2D eigenvalue weighted by Crippen LogP contribution is 2.31. The standard InChI is InChI=1S/C19H17N3O2/c23-19(21-17-13-24-18-9-5-4-8-16(17)18)10-14-11-20-22(12-14)15-6-2-1-3-7-15/h1-9,11-12,17H,10,13H2,(H,21,23). The van der Waals surface area contributed by atoms with Crippen LogP contribution < -0.4 is 10.1 Å². The summed E-state index contributed by atoms with van der Waals surface area (Å²) in [6, 6.07) is 17.5. The largest absolute Gasteiger partial charge is 0.491 e. The van der Waals surface area contributed by atoms with Crippen LogP contribution in [0.3, 0.4) is 0 Å². The molecule has 4 rings (SSSR count). The number of benzene rings is 2. The maximum atomic E-state index is 12.3. The summed E-state index contributed by atoms with van der Waals surface area (Å²) in [5.41, 5.74) is 2.89. The van der Waals surface area contributed by atoms with Crippen LogP contribution in [0.25, 0.3) is 5.69 Å². The first-order valence-electron chi connectivity index (χ1n) is 7.90. The molecule has 0 aliphatic carbocycles. The first-order valence-corrected chi connectivity index (χ1v) is 7.90. The molecule has 120 valence electrons. The average Bonchev–Trinajstić information content (AvgIpc) is 3.23. The molecule has 1 aliphatic heterocycles. The topological polar surface area (TPSA) is 56.2 Å². The minimum absolute atomic E-state index is 0.0343. The Balaban J connectivity index is 1.42. The molecule has 0 fully saturated rings. The number of hydrogen-bond donors (Lipinski definition) is 1. The van der Waals surface area contributed by atoms with E-state index in [0.29, 0.717) is 13.0 Å². The van der Waals surface area contributed by atoms with Gasteiger partial charge in [0.25, 0.3) is 0 Å². The van der Waals surface area contributed by atoms with Gasteiger partial charge in [0.15, 0.2) is 0 Å². The molecule has 1 N–H and O–H groups in total. The molecule has 2 heterocycles. The second-order valence-electron chi connectivity index (χ2n) is 5.77. The van der Waals surface area contributed by atoms with Crippen molar-refractivity contribution in [3.8, 4) is 11.4 Å². The monoisotopic (exact) mass is 319 g/mol. The SMILES string of the molecule is O=C(Cc1cnn(-c2ccccc2)c1)NC1COc2ccccc21. The number of ether oxygens (including phenoxy) is 1. The summed E-state index contributed by atoms with van der Waals surface area (Å²) in [6.45, 7) is 0.481. The molecule has 0 radical (unpaired) electrons. The predicted octanol–water partition coefficient (Wildman–Crippen LogP) is 2.66. The lowest BCUT2D eigenvalue weighted by atomic mass is 10.1. The number of carbonyl (C=O) groups is 1. The first kappa shape index (κ1) is 14.5.